The maximum Gasteiger partial charge on any atom is 0.203 e. The van der Waals surface area contributed by atoms with Crippen molar-refractivity contribution in [2.75, 3.05) is 25.6 Å². The molecule has 0 radical (unpaired) electrons. The van der Waals surface area contributed by atoms with Crippen molar-refractivity contribution in [1.29, 1.82) is 0 Å². The fourth-order valence-corrected chi connectivity index (χ4v) is 2.25. The van der Waals surface area contributed by atoms with Gasteiger partial charge in [0.2, 0.25) is 5.75 Å². The molecule has 1 heterocycles. The molecule has 1 aliphatic heterocycles. The number of aromatic hydroxyl groups is 1. The molecular formula is C16H17NO4. The van der Waals surface area contributed by atoms with E-state index in [-0.39, 0.29) is 5.75 Å². The number of phenols is 1. The van der Waals surface area contributed by atoms with Crippen molar-refractivity contribution in [1.82, 2.24) is 0 Å². The van der Waals surface area contributed by atoms with Crippen molar-refractivity contribution in [3.8, 4) is 23.0 Å². The predicted octanol–water partition coefficient (Wildman–Crippen LogP) is 2.78. The largest absolute Gasteiger partial charge is 0.508 e. The Morgan fingerprint density at radius 2 is 2.05 bits per heavy atom. The molecule has 0 spiro atoms. The zero-order chi connectivity index (χ0) is 14.7. The van der Waals surface area contributed by atoms with E-state index >= 15 is 0 Å². The molecule has 1 aliphatic rings. The Balaban J connectivity index is 1.79. The topological polar surface area (TPSA) is 60.0 Å². The van der Waals surface area contributed by atoms with E-state index in [2.05, 4.69) is 5.32 Å². The zero-order valence-corrected chi connectivity index (χ0v) is 11.8. The van der Waals surface area contributed by atoms with Gasteiger partial charge >= 0.3 is 0 Å². The molecule has 21 heavy (non-hydrogen) atoms. The smallest absolute Gasteiger partial charge is 0.203 e. The minimum absolute atomic E-state index is 0.236. The Labute approximate surface area is 123 Å². The number of anilines is 1. The molecule has 0 saturated heterocycles. The van der Waals surface area contributed by atoms with Gasteiger partial charge in [-0.25, -0.2) is 0 Å². The van der Waals surface area contributed by atoms with Crippen molar-refractivity contribution in [3.05, 3.63) is 42.0 Å². The van der Waals surface area contributed by atoms with Crippen LogP contribution in [-0.4, -0.2) is 25.4 Å². The van der Waals surface area contributed by atoms with Gasteiger partial charge in [-0.1, -0.05) is 6.07 Å². The molecule has 2 N–H and O–H groups in total. The van der Waals surface area contributed by atoms with Gasteiger partial charge in [-0.3, -0.25) is 0 Å². The van der Waals surface area contributed by atoms with Crippen LogP contribution >= 0.6 is 0 Å². The summed E-state index contributed by atoms with van der Waals surface area (Å²) in [5.41, 5.74) is 1.86. The van der Waals surface area contributed by atoms with Crippen LogP contribution in [0.25, 0.3) is 0 Å². The summed E-state index contributed by atoms with van der Waals surface area (Å²) < 4.78 is 16.5. The third-order valence-electron chi connectivity index (χ3n) is 3.23. The van der Waals surface area contributed by atoms with Gasteiger partial charge in [-0.15, -0.1) is 0 Å². The molecule has 0 atom stereocenters. The second-order valence-corrected chi connectivity index (χ2v) is 4.73. The summed E-state index contributed by atoms with van der Waals surface area (Å²) in [6.07, 6.45) is 0. The average molecular weight is 287 g/mol. The molecule has 0 aromatic heterocycles. The van der Waals surface area contributed by atoms with E-state index in [0.29, 0.717) is 37.0 Å². The first-order valence-electron chi connectivity index (χ1n) is 6.75. The third-order valence-corrected chi connectivity index (χ3v) is 3.23. The van der Waals surface area contributed by atoms with Crippen LogP contribution in [0, 0.1) is 0 Å². The van der Waals surface area contributed by atoms with Crippen LogP contribution in [0.5, 0.6) is 23.0 Å². The quantitative estimate of drug-likeness (QED) is 0.905. The number of nitrogens with one attached hydrogen (secondary N) is 1. The molecular weight excluding hydrogens is 270 g/mol. The highest BCUT2D eigenvalue weighted by Gasteiger charge is 2.18. The maximum atomic E-state index is 9.45. The van der Waals surface area contributed by atoms with E-state index in [9.17, 15) is 5.11 Å². The van der Waals surface area contributed by atoms with Crippen LogP contribution in [0.4, 0.5) is 5.69 Å². The van der Waals surface area contributed by atoms with Crippen LogP contribution in [0.2, 0.25) is 0 Å². The summed E-state index contributed by atoms with van der Waals surface area (Å²) in [5, 5.41) is 12.7. The van der Waals surface area contributed by atoms with Crippen molar-refractivity contribution >= 4 is 5.69 Å². The fourth-order valence-electron chi connectivity index (χ4n) is 2.25. The van der Waals surface area contributed by atoms with Crippen molar-refractivity contribution in [3.63, 3.8) is 0 Å². The lowest BCUT2D eigenvalue weighted by molar-refractivity contribution is 0.165. The number of ether oxygens (including phenoxy) is 3. The summed E-state index contributed by atoms with van der Waals surface area (Å²) >= 11 is 0. The molecule has 0 saturated carbocycles. The second-order valence-electron chi connectivity index (χ2n) is 4.73. The van der Waals surface area contributed by atoms with Gasteiger partial charge in [0.1, 0.15) is 19.0 Å². The normalized spacial score (nSPS) is 12.8. The van der Waals surface area contributed by atoms with Crippen LogP contribution in [0.1, 0.15) is 5.56 Å². The highest BCUT2D eigenvalue weighted by molar-refractivity contribution is 5.55. The van der Waals surface area contributed by atoms with Crippen LogP contribution < -0.4 is 19.5 Å². The number of hydrogen-bond donors (Lipinski definition) is 2. The van der Waals surface area contributed by atoms with E-state index in [1.807, 2.05) is 18.2 Å². The Morgan fingerprint density at radius 3 is 2.86 bits per heavy atom. The molecule has 2 aromatic rings. The monoisotopic (exact) mass is 287 g/mol. The van der Waals surface area contributed by atoms with Gasteiger partial charge < -0.3 is 24.6 Å². The molecule has 0 aliphatic carbocycles. The molecule has 5 heteroatoms. The van der Waals surface area contributed by atoms with Crippen molar-refractivity contribution < 1.29 is 19.3 Å². The maximum absolute atomic E-state index is 9.45. The van der Waals surface area contributed by atoms with E-state index in [1.54, 1.807) is 25.3 Å². The van der Waals surface area contributed by atoms with Gasteiger partial charge in [-0.05, 0) is 29.8 Å². The number of fused-ring (bicyclic) bond motifs is 1. The van der Waals surface area contributed by atoms with Gasteiger partial charge in [0.25, 0.3) is 0 Å². The van der Waals surface area contributed by atoms with E-state index in [4.69, 9.17) is 14.2 Å². The van der Waals surface area contributed by atoms with Crippen molar-refractivity contribution in [2.45, 2.75) is 6.54 Å². The summed E-state index contributed by atoms with van der Waals surface area (Å²) in [4.78, 5) is 0. The molecule has 2 aromatic carbocycles. The molecule has 3 rings (SSSR count). The van der Waals surface area contributed by atoms with E-state index in [0.717, 1.165) is 11.3 Å². The minimum atomic E-state index is 0.236. The summed E-state index contributed by atoms with van der Waals surface area (Å²) in [6.45, 7) is 1.67. The average Bonchev–Trinajstić information content (AvgIpc) is 2.52. The SMILES string of the molecule is COc1cc(CNc2cccc(O)c2)cc2c1OCCO2. The highest BCUT2D eigenvalue weighted by Crippen LogP contribution is 2.40. The number of methoxy groups -OCH3 is 1. The first-order valence-corrected chi connectivity index (χ1v) is 6.75. The summed E-state index contributed by atoms with van der Waals surface area (Å²) in [7, 11) is 1.61. The summed E-state index contributed by atoms with van der Waals surface area (Å²) in [5.74, 6) is 2.26. The van der Waals surface area contributed by atoms with E-state index < -0.39 is 0 Å². The highest BCUT2D eigenvalue weighted by atomic mass is 16.6. The lowest BCUT2D eigenvalue weighted by Crippen LogP contribution is -2.16. The number of phenolic OH excluding ortho intramolecular Hbond substituents is 1. The zero-order valence-electron chi connectivity index (χ0n) is 11.8. The molecule has 5 nitrogen and oxygen atoms in total. The molecule has 0 fully saturated rings. The van der Waals surface area contributed by atoms with Gasteiger partial charge in [-0.2, -0.15) is 0 Å². The first kappa shape index (κ1) is 13.4. The van der Waals surface area contributed by atoms with Gasteiger partial charge in [0.15, 0.2) is 11.5 Å². The van der Waals surface area contributed by atoms with Gasteiger partial charge in [0, 0.05) is 18.3 Å². The van der Waals surface area contributed by atoms with Crippen LogP contribution in [-0.2, 0) is 6.54 Å². The minimum Gasteiger partial charge on any atom is -0.508 e. The number of benzene rings is 2. The predicted molar refractivity (Wildman–Crippen MR) is 79.4 cm³/mol. The van der Waals surface area contributed by atoms with Crippen molar-refractivity contribution in [2.24, 2.45) is 0 Å². The second kappa shape index (κ2) is 5.83. The Bertz CT molecular complexity index is 625. The lowest BCUT2D eigenvalue weighted by atomic mass is 10.1. The molecule has 0 amide bonds. The first-order chi connectivity index (χ1) is 10.3. The van der Waals surface area contributed by atoms with Crippen LogP contribution in [0.3, 0.4) is 0 Å². The number of hydrogen-bond acceptors (Lipinski definition) is 5. The molecule has 0 bridgehead atoms. The number of rotatable bonds is 4. The van der Waals surface area contributed by atoms with Gasteiger partial charge in [0.05, 0.1) is 7.11 Å². The lowest BCUT2D eigenvalue weighted by Gasteiger charge is -2.21. The standard InChI is InChI=1S/C16H17NO4/c1-19-14-7-11(8-15-16(14)21-6-5-20-15)10-17-12-3-2-4-13(18)9-12/h2-4,7-9,17-18H,5-6,10H2,1H3. The summed E-state index contributed by atoms with van der Waals surface area (Å²) in [6, 6.07) is 10.9. The van der Waals surface area contributed by atoms with E-state index in [1.165, 1.54) is 0 Å². The Morgan fingerprint density at radius 1 is 1.19 bits per heavy atom. The fraction of sp³-hybridized carbons (Fsp3) is 0.250. The van der Waals surface area contributed by atoms with Crippen LogP contribution in [0.15, 0.2) is 36.4 Å². The Kier molecular flexibility index (Phi) is 3.73. The Hall–Kier alpha value is -2.56. The molecule has 0 unspecified atom stereocenters. The molecule has 110 valence electrons. The third kappa shape index (κ3) is 2.97.